The van der Waals surface area contributed by atoms with Crippen LogP contribution in [0.15, 0.2) is 5.38 Å². The number of hydrogen-bond acceptors (Lipinski definition) is 5. The maximum Gasteiger partial charge on any atom is 0.271 e. The predicted molar refractivity (Wildman–Crippen MR) is 77.6 cm³/mol. The maximum atomic E-state index is 11.9. The van der Waals surface area contributed by atoms with Crippen LogP contribution in [0.2, 0.25) is 0 Å². The fourth-order valence-electron chi connectivity index (χ4n) is 2.16. The number of rotatable bonds is 5. The molecule has 1 aromatic rings. The van der Waals surface area contributed by atoms with Gasteiger partial charge in [0.05, 0.1) is 11.6 Å². The van der Waals surface area contributed by atoms with Crippen LogP contribution in [0.3, 0.4) is 0 Å². The first kappa shape index (κ1) is 14.9. The van der Waals surface area contributed by atoms with Gasteiger partial charge in [-0.1, -0.05) is 0 Å². The summed E-state index contributed by atoms with van der Waals surface area (Å²) in [6.07, 6.45) is 3.95. The van der Waals surface area contributed by atoms with Crippen molar-refractivity contribution in [1.29, 1.82) is 0 Å². The molecule has 0 radical (unpaired) electrons. The van der Waals surface area contributed by atoms with Gasteiger partial charge in [0.2, 0.25) is 5.91 Å². The van der Waals surface area contributed by atoms with E-state index in [0.29, 0.717) is 18.7 Å². The molecule has 6 nitrogen and oxygen atoms in total. The second-order valence-corrected chi connectivity index (χ2v) is 5.73. The highest BCUT2D eigenvalue weighted by atomic mass is 32.1. The van der Waals surface area contributed by atoms with Crippen LogP contribution in [0.4, 0.5) is 0 Å². The van der Waals surface area contributed by atoms with Crippen LogP contribution < -0.4 is 11.1 Å². The second kappa shape index (κ2) is 7.35. The van der Waals surface area contributed by atoms with Gasteiger partial charge in [-0.3, -0.25) is 9.59 Å². The molecule has 1 aliphatic rings. The van der Waals surface area contributed by atoms with Gasteiger partial charge < -0.3 is 16.0 Å². The first-order chi connectivity index (χ1) is 9.70. The number of nitrogens with one attached hydrogen (secondary N) is 1. The standard InChI is InChI=1S/C13H20N4O2S/c14-5-4-11-16-10(9-20-11)13(19)15-8-12(18)17-6-2-1-3-7-17/h9H,1-8,14H2,(H,15,19). The number of amides is 2. The van der Waals surface area contributed by atoms with E-state index in [0.717, 1.165) is 30.9 Å². The average Bonchev–Trinajstić information content (AvgIpc) is 2.94. The van der Waals surface area contributed by atoms with Crippen LogP contribution in [-0.4, -0.2) is 47.9 Å². The van der Waals surface area contributed by atoms with E-state index in [9.17, 15) is 9.59 Å². The highest BCUT2D eigenvalue weighted by Crippen LogP contribution is 2.10. The lowest BCUT2D eigenvalue weighted by atomic mass is 10.1. The van der Waals surface area contributed by atoms with Crippen LogP contribution in [0.25, 0.3) is 0 Å². The van der Waals surface area contributed by atoms with Gasteiger partial charge in [-0.2, -0.15) is 0 Å². The fraction of sp³-hybridized carbons (Fsp3) is 0.615. The molecule has 0 aliphatic carbocycles. The molecule has 0 aromatic carbocycles. The molecule has 0 saturated carbocycles. The lowest BCUT2D eigenvalue weighted by Gasteiger charge is -2.26. The molecule has 1 fully saturated rings. The summed E-state index contributed by atoms with van der Waals surface area (Å²) in [6.45, 7) is 2.16. The monoisotopic (exact) mass is 296 g/mol. The molecule has 3 N–H and O–H groups in total. The Morgan fingerprint density at radius 2 is 2.10 bits per heavy atom. The van der Waals surface area contributed by atoms with Crippen molar-refractivity contribution in [3.05, 3.63) is 16.1 Å². The highest BCUT2D eigenvalue weighted by Gasteiger charge is 2.18. The van der Waals surface area contributed by atoms with E-state index in [1.807, 2.05) is 4.90 Å². The summed E-state index contributed by atoms with van der Waals surface area (Å²) < 4.78 is 0. The van der Waals surface area contributed by atoms with Gasteiger partial charge in [-0.25, -0.2) is 4.98 Å². The maximum absolute atomic E-state index is 11.9. The Bertz CT molecular complexity index is 469. The van der Waals surface area contributed by atoms with Gasteiger partial charge in [-0.05, 0) is 25.8 Å². The molecule has 20 heavy (non-hydrogen) atoms. The Morgan fingerprint density at radius 3 is 2.80 bits per heavy atom. The van der Waals surface area contributed by atoms with Gasteiger partial charge in [0.25, 0.3) is 5.91 Å². The smallest absolute Gasteiger partial charge is 0.271 e. The number of carbonyl (C=O) groups is 2. The van der Waals surface area contributed by atoms with Gasteiger partial charge in [-0.15, -0.1) is 11.3 Å². The largest absolute Gasteiger partial charge is 0.342 e. The number of piperidine rings is 1. The number of nitrogens with zero attached hydrogens (tertiary/aromatic N) is 2. The lowest BCUT2D eigenvalue weighted by Crippen LogP contribution is -2.42. The van der Waals surface area contributed by atoms with E-state index in [-0.39, 0.29) is 18.4 Å². The van der Waals surface area contributed by atoms with Gasteiger partial charge in [0.15, 0.2) is 0 Å². The van der Waals surface area contributed by atoms with Crippen LogP contribution in [0, 0.1) is 0 Å². The number of carbonyl (C=O) groups excluding carboxylic acids is 2. The molecule has 1 aliphatic heterocycles. The molecule has 1 aromatic heterocycles. The van der Waals surface area contributed by atoms with Gasteiger partial charge in [0, 0.05) is 24.9 Å². The molecule has 0 spiro atoms. The third-order valence-corrected chi connectivity index (χ3v) is 4.16. The normalized spacial score (nSPS) is 15.2. The second-order valence-electron chi connectivity index (χ2n) is 4.79. The Hall–Kier alpha value is -1.47. The van der Waals surface area contributed by atoms with Crippen LogP contribution in [0.5, 0.6) is 0 Å². The minimum atomic E-state index is -0.296. The first-order valence-corrected chi connectivity index (χ1v) is 7.79. The summed E-state index contributed by atoms with van der Waals surface area (Å²) in [7, 11) is 0. The van der Waals surface area contributed by atoms with Crippen molar-refractivity contribution in [2.24, 2.45) is 5.73 Å². The number of nitrogens with two attached hydrogens (primary N) is 1. The molecule has 2 rings (SSSR count). The van der Waals surface area contributed by atoms with Gasteiger partial charge in [0.1, 0.15) is 5.69 Å². The van der Waals surface area contributed by atoms with E-state index < -0.39 is 0 Å². The SMILES string of the molecule is NCCc1nc(C(=O)NCC(=O)N2CCCCC2)cs1. The third-order valence-electron chi connectivity index (χ3n) is 3.25. The molecule has 0 atom stereocenters. The van der Waals surface area contributed by atoms with Crippen molar-refractivity contribution in [2.75, 3.05) is 26.2 Å². The van der Waals surface area contributed by atoms with Crippen LogP contribution in [0.1, 0.15) is 34.8 Å². The molecule has 7 heteroatoms. The Balaban J connectivity index is 1.80. The summed E-state index contributed by atoms with van der Waals surface area (Å²) in [5.41, 5.74) is 5.81. The van der Waals surface area contributed by atoms with Gasteiger partial charge >= 0.3 is 0 Å². The topological polar surface area (TPSA) is 88.3 Å². The molecule has 0 bridgehead atoms. The van der Waals surface area contributed by atoms with Crippen molar-refractivity contribution in [3.8, 4) is 0 Å². The van der Waals surface area contributed by atoms with E-state index in [1.54, 1.807) is 5.38 Å². The Labute approximate surface area is 122 Å². The Morgan fingerprint density at radius 1 is 1.35 bits per heavy atom. The van der Waals surface area contributed by atoms with Crippen molar-refractivity contribution in [1.82, 2.24) is 15.2 Å². The average molecular weight is 296 g/mol. The van der Waals surface area contributed by atoms with E-state index in [2.05, 4.69) is 10.3 Å². The summed E-state index contributed by atoms with van der Waals surface area (Å²) in [4.78, 5) is 29.8. The molecule has 0 unspecified atom stereocenters. The van der Waals surface area contributed by atoms with Crippen LogP contribution >= 0.6 is 11.3 Å². The molecule has 2 heterocycles. The molecule has 2 amide bonds. The fourth-order valence-corrected chi connectivity index (χ4v) is 2.95. The third kappa shape index (κ3) is 4.01. The molecular weight excluding hydrogens is 276 g/mol. The summed E-state index contributed by atoms with van der Waals surface area (Å²) in [6, 6.07) is 0. The van der Waals surface area contributed by atoms with E-state index in [1.165, 1.54) is 17.8 Å². The Kier molecular flexibility index (Phi) is 5.49. The molecular formula is C13H20N4O2S. The summed E-state index contributed by atoms with van der Waals surface area (Å²) in [5, 5.41) is 5.18. The summed E-state index contributed by atoms with van der Waals surface area (Å²) in [5.74, 6) is -0.314. The van der Waals surface area contributed by atoms with Crippen molar-refractivity contribution in [2.45, 2.75) is 25.7 Å². The summed E-state index contributed by atoms with van der Waals surface area (Å²) >= 11 is 1.42. The predicted octanol–water partition coefficient (Wildman–Crippen LogP) is 0.387. The quantitative estimate of drug-likeness (QED) is 0.822. The highest BCUT2D eigenvalue weighted by molar-refractivity contribution is 7.09. The minimum absolute atomic E-state index is 0.0181. The zero-order chi connectivity index (χ0) is 14.4. The number of thiazole rings is 1. The van der Waals surface area contributed by atoms with Crippen molar-refractivity contribution in [3.63, 3.8) is 0 Å². The molecule has 1 saturated heterocycles. The number of aromatic nitrogens is 1. The van der Waals surface area contributed by atoms with Crippen molar-refractivity contribution >= 4 is 23.2 Å². The zero-order valence-corrected chi connectivity index (χ0v) is 12.2. The zero-order valence-electron chi connectivity index (χ0n) is 11.4. The minimum Gasteiger partial charge on any atom is -0.342 e. The van der Waals surface area contributed by atoms with Crippen molar-refractivity contribution < 1.29 is 9.59 Å². The van der Waals surface area contributed by atoms with E-state index >= 15 is 0 Å². The number of hydrogen-bond donors (Lipinski definition) is 2. The molecule has 110 valence electrons. The van der Waals surface area contributed by atoms with E-state index in [4.69, 9.17) is 5.73 Å². The van der Waals surface area contributed by atoms with Crippen LogP contribution in [-0.2, 0) is 11.2 Å². The first-order valence-electron chi connectivity index (χ1n) is 6.91. The lowest BCUT2D eigenvalue weighted by molar-refractivity contribution is -0.130. The number of likely N-dealkylation sites (tertiary alicyclic amines) is 1.